The molecule has 0 aliphatic carbocycles. The SMILES string of the molecule is Fc1ccc([C@H]2c3ccccc3CCN2C2=NCC3(CCNCC3)O2)cc1. The van der Waals surface area contributed by atoms with Crippen molar-refractivity contribution in [3.63, 3.8) is 0 Å². The van der Waals surface area contributed by atoms with Gasteiger partial charge in [0.2, 0.25) is 0 Å². The monoisotopic (exact) mass is 365 g/mol. The van der Waals surface area contributed by atoms with Gasteiger partial charge in [-0.05, 0) is 48.3 Å². The standard InChI is InChI=1S/C22H24FN3O/c23-18-7-5-17(6-8-18)20-19-4-2-1-3-16(19)9-14-26(20)21-25-15-22(27-21)10-12-24-13-11-22/h1-8,20,24H,9-15H2/t20-/m0/s1. The quantitative estimate of drug-likeness (QED) is 0.843. The molecule has 27 heavy (non-hydrogen) atoms. The summed E-state index contributed by atoms with van der Waals surface area (Å²) in [5, 5.41) is 3.40. The van der Waals surface area contributed by atoms with Crippen LogP contribution >= 0.6 is 0 Å². The molecule has 2 aromatic rings. The Labute approximate surface area is 159 Å². The summed E-state index contributed by atoms with van der Waals surface area (Å²) in [6.07, 6.45) is 2.95. The van der Waals surface area contributed by atoms with Gasteiger partial charge >= 0.3 is 0 Å². The van der Waals surface area contributed by atoms with Crippen molar-refractivity contribution in [1.82, 2.24) is 10.2 Å². The summed E-state index contributed by atoms with van der Waals surface area (Å²) in [5.74, 6) is -0.211. The molecule has 1 spiro atoms. The molecule has 1 saturated heterocycles. The van der Waals surface area contributed by atoms with Gasteiger partial charge in [-0.25, -0.2) is 9.38 Å². The van der Waals surface area contributed by atoms with Gasteiger partial charge < -0.3 is 15.0 Å². The van der Waals surface area contributed by atoms with Crippen molar-refractivity contribution in [2.24, 2.45) is 4.99 Å². The third-order valence-corrected chi connectivity index (χ3v) is 6.04. The molecule has 0 bridgehead atoms. The Hall–Kier alpha value is -2.40. The van der Waals surface area contributed by atoms with E-state index in [1.807, 2.05) is 12.1 Å². The van der Waals surface area contributed by atoms with Gasteiger partial charge in [-0.15, -0.1) is 0 Å². The molecule has 3 aliphatic heterocycles. The third-order valence-electron chi connectivity index (χ3n) is 6.04. The third kappa shape index (κ3) is 3.00. The van der Waals surface area contributed by atoms with Crippen molar-refractivity contribution >= 4 is 6.02 Å². The number of amidine groups is 1. The predicted octanol–water partition coefficient (Wildman–Crippen LogP) is 3.28. The van der Waals surface area contributed by atoms with E-state index in [2.05, 4.69) is 34.5 Å². The van der Waals surface area contributed by atoms with Gasteiger partial charge in [-0.2, -0.15) is 0 Å². The normalized spacial score (nSPS) is 23.7. The maximum absolute atomic E-state index is 13.5. The van der Waals surface area contributed by atoms with E-state index in [0.29, 0.717) is 0 Å². The summed E-state index contributed by atoms with van der Waals surface area (Å²) in [6, 6.07) is 16.1. The van der Waals surface area contributed by atoms with Crippen LogP contribution in [0.4, 0.5) is 4.39 Å². The van der Waals surface area contributed by atoms with Crippen molar-refractivity contribution in [2.45, 2.75) is 30.9 Å². The fourth-order valence-electron chi connectivity index (χ4n) is 4.54. The number of aliphatic imine (C=N–C) groups is 1. The molecule has 0 amide bonds. The molecule has 140 valence electrons. The second-order valence-electron chi connectivity index (χ2n) is 7.73. The van der Waals surface area contributed by atoms with Gasteiger partial charge in [0.25, 0.3) is 6.02 Å². The number of rotatable bonds is 1. The van der Waals surface area contributed by atoms with Gasteiger partial charge in [-0.3, -0.25) is 0 Å². The van der Waals surface area contributed by atoms with Crippen molar-refractivity contribution in [3.8, 4) is 0 Å². The van der Waals surface area contributed by atoms with Gasteiger partial charge in [0, 0.05) is 19.4 Å². The van der Waals surface area contributed by atoms with Crippen LogP contribution in [0.3, 0.4) is 0 Å². The molecule has 3 aliphatic rings. The van der Waals surface area contributed by atoms with E-state index in [1.165, 1.54) is 23.3 Å². The first-order chi connectivity index (χ1) is 13.2. The molecule has 1 atom stereocenters. The van der Waals surface area contributed by atoms with Gasteiger partial charge in [0.15, 0.2) is 0 Å². The molecule has 2 aromatic carbocycles. The van der Waals surface area contributed by atoms with Crippen molar-refractivity contribution < 1.29 is 9.13 Å². The van der Waals surface area contributed by atoms with Crippen LogP contribution in [0.25, 0.3) is 0 Å². The topological polar surface area (TPSA) is 36.9 Å². The highest BCUT2D eigenvalue weighted by atomic mass is 19.1. The second-order valence-corrected chi connectivity index (χ2v) is 7.73. The number of piperidine rings is 1. The van der Waals surface area contributed by atoms with E-state index in [1.54, 1.807) is 0 Å². The zero-order valence-corrected chi connectivity index (χ0v) is 15.3. The highest BCUT2D eigenvalue weighted by Gasteiger charge is 2.43. The van der Waals surface area contributed by atoms with Crippen molar-refractivity contribution in [2.75, 3.05) is 26.2 Å². The first-order valence-electron chi connectivity index (χ1n) is 9.78. The van der Waals surface area contributed by atoms with E-state index < -0.39 is 0 Å². The number of hydrogen-bond acceptors (Lipinski definition) is 4. The minimum Gasteiger partial charge on any atom is -0.456 e. The Morgan fingerprint density at radius 3 is 2.67 bits per heavy atom. The zero-order chi connectivity index (χ0) is 18.3. The van der Waals surface area contributed by atoms with Gasteiger partial charge in [-0.1, -0.05) is 36.4 Å². The first-order valence-corrected chi connectivity index (χ1v) is 9.78. The maximum atomic E-state index is 13.5. The van der Waals surface area contributed by atoms with Crippen LogP contribution in [0.1, 0.15) is 35.6 Å². The number of hydrogen-bond donors (Lipinski definition) is 1. The predicted molar refractivity (Wildman–Crippen MR) is 103 cm³/mol. The van der Waals surface area contributed by atoms with Crippen molar-refractivity contribution in [3.05, 3.63) is 71.0 Å². The Bertz CT molecular complexity index is 858. The lowest BCUT2D eigenvalue weighted by Crippen LogP contribution is -2.47. The molecular formula is C22H24FN3O. The summed E-state index contributed by atoms with van der Waals surface area (Å²) >= 11 is 0. The lowest BCUT2D eigenvalue weighted by atomic mass is 9.88. The fraction of sp³-hybridized carbons (Fsp3) is 0.409. The average molecular weight is 365 g/mol. The van der Waals surface area contributed by atoms with Crippen LogP contribution in [0.15, 0.2) is 53.5 Å². The van der Waals surface area contributed by atoms with E-state index >= 15 is 0 Å². The first kappa shape index (κ1) is 16.8. The van der Waals surface area contributed by atoms with Crippen LogP contribution in [0.2, 0.25) is 0 Å². The summed E-state index contributed by atoms with van der Waals surface area (Å²) < 4.78 is 20.0. The number of benzene rings is 2. The minimum atomic E-state index is -0.211. The maximum Gasteiger partial charge on any atom is 0.288 e. The average Bonchev–Trinajstić information content (AvgIpc) is 3.11. The molecule has 0 aromatic heterocycles. The molecule has 0 saturated carbocycles. The van der Waals surface area contributed by atoms with Crippen LogP contribution in [-0.2, 0) is 11.2 Å². The van der Waals surface area contributed by atoms with E-state index in [9.17, 15) is 4.39 Å². The largest absolute Gasteiger partial charge is 0.456 e. The number of nitrogens with one attached hydrogen (secondary N) is 1. The Morgan fingerprint density at radius 1 is 1.07 bits per heavy atom. The smallest absolute Gasteiger partial charge is 0.288 e. The summed E-state index contributed by atoms with van der Waals surface area (Å²) in [4.78, 5) is 7.09. The fourth-order valence-corrected chi connectivity index (χ4v) is 4.54. The molecule has 4 nitrogen and oxygen atoms in total. The molecule has 1 fully saturated rings. The second kappa shape index (κ2) is 6.64. The lowest BCUT2D eigenvalue weighted by molar-refractivity contribution is 0.0345. The summed E-state index contributed by atoms with van der Waals surface area (Å²) in [6.45, 7) is 3.55. The molecule has 5 heteroatoms. The van der Waals surface area contributed by atoms with Gasteiger partial charge in [0.05, 0.1) is 12.6 Å². The lowest BCUT2D eigenvalue weighted by Gasteiger charge is -2.40. The van der Waals surface area contributed by atoms with E-state index in [4.69, 9.17) is 9.73 Å². The molecule has 3 heterocycles. The van der Waals surface area contributed by atoms with Crippen molar-refractivity contribution in [1.29, 1.82) is 0 Å². The molecule has 1 N–H and O–H groups in total. The Morgan fingerprint density at radius 2 is 1.85 bits per heavy atom. The number of ether oxygens (including phenoxy) is 1. The van der Waals surface area contributed by atoms with Crippen LogP contribution < -0.4 is 5.32 Å². The molecule has 5 rings (SSSR count). The van der Waals surface area contributed by atoms with Crippen LogP contribution in [0.5, 0.6) is 0 Å². The Balaban J connectivity index is 1.50. The highest BCUT2D eigenvalue weighted by Crippen LogP contribution is 2.38. The number of fused-ring (bicyclic) bond motifs is 1. The van der Waals surface area contributed by atoms with Gasteiger partial charge in [0.1, 0.15) is 11.4 Å². The number of nitrogens with zero attached hydrogens (tertiary/aromatic N) is 2. The minimum absolute atomic E-state index is 0.00571. The Kier molecular flexibility index (Phi) is 4.12. The molecular weight excluding hydrogens is 341 g/mol. The van der Waals surface area contributed by atoms with Crippen LogP contribution in [0, 0.1) is 5.82 Å². The molecule has 0 unspecified atom stereocenters. The molecule has 0 radical (unpaired) electrons. The summed E-state index contributed by atoms with van der Waals surface area (Å²) in [7, 11) is 0. The highest BCUT2D eigenvalue weighted by molar-refractivity contribution is 5.78. The van der Waals surface area contributed by atoms with E-state index in [0.717, 1.165) is 57.0 Å². The summed E-state index contributed by atoms with van der Waals surface area (Å²) in [5.41, 5.74) is 3.53. The zero-order valence-electron chi connectivity index (χ0n) is 15.3. The number of halogens is 1. The van der Waals surface area contributed by atoms with Crippen LogP contribution in [-0.4, -0.2) is 42.7 Å². The van der Waals surface area contributed by atoms with E-state index in [-0.39, 0.29) is 17.5 Å².